The normalized spacial score (nSPS) is 10.9. The van der Waals surface area contributed by atoms with Crippen molar-refractivity contribution >= 4 is 11.0 Å². The summed E-state index contributed by atoms with van der Waals surface area (Å²) in [6.45, 7) is 0.733. The van der Waals surface area contributed by atoms with Crippen molar-refractivity contribution in [2.75, 3.05) is 14.1 Å². The maximum absolute atomic E-state index is 13.1. The molecular formula is C16H14FN3O. The van der Waals surface area contributed by atoms with Crippen LogP contribution in [0.15, 0.2) is 34.9 Å². The molecule has 0 aromatic carbocycles. The predicted molar refractivity (Wildman–Crippen MR) is 78.1 cm³/mol. The molecule has 3 heterocycles. The van der Waals surface area contributed by atoms with Crippen molar-refractivity contribution in [2.45, 2.75) is 6.54 Å². The number of nitrogens with zero attached hydrogens (tertiary/aromatic N) is 2. The number of furan rings is 1. The smallest absolute Gasteiger partial charge is 0.177 e. The maximum atomic E-state index is 13.1. The third-order valence-electron chi connectivity index (χ3n) is 2.89. The first kappa shape index (κ1) is 13.4. The zero-order valence-electron chi connectivity index (χ0n) is 11.8. The van der Waals surface area contributed by atoms with Crippen molar-refractivity contribution in [1.29, 1.82) is 0 Å². The minimum atomic E-state index is -0.361. The van der Waals surface area contributed by atoms with Crippen LogP contribution in [0.2, 0.25) is 0 Å². The molecule has 3 rings (SSSR count). The Labute approximate surface area is 121 Å². The van der Waals surface area contributed by atoms with Gasteiger partial charge in [-0.1, -0.05) is 0 Å². The average molecular weight is 283 g/mol. The van der Waals surface area contributed by atoms with Crippen LogP contribution in [-0.2, 0) is 6.54 Å². The zero-order valence-corrected chi connectivity index (χ0v) is 11.8. The summed E-state index contributed by atoms with van der Waals surface area (Å²) in [5.74, 6) is 7.01. The van der Waals surface area contributed by atoms with Gasteiger partial charge in [-0.15, -0.1) is 0 Å². The topological polar surface area (TPSA) is 45.1 Å². The third-order valence-corrected chi connectivity index (χ3v) is 2.89. The Hall–Kier alpha value is -2.58. The van der Waals surface area contributed by atoms with E-state index < -0.39 is 0 Å². The second-order valence-corrected chi connectivity index (χ2v) is 5.03. The lowest BCUT2D eigenvalue weighted by Crippen LogP contribution is -2.09. The van der Waals surface area contributed by atoms with Gasteiger partial charge in [0.2, 0.25) is 0 Å². The molecule has 0 fully saturated rings. The van der Waals surface area contributed by atoms with Crippen LogP contribution in [-0.4, -0.2) is 29.0 Å². The number of rotatable bonds is 2. The van der Waals surface area contributed by atoms with Crippen LogP contribution in [0.25, 0.3) is 11.0 Å². The largest absolute Gasteiger partial charge is 0.451 e. The Kier molecular flexibility index (Phi) is 3.46. The molecule has 0 radical (unpaired) electrons. The summed E-state index contributed by atoms with van der Waals surface area (Å²) < 4.78 is 18.7. The van der Waals surface area contributed by atoms with Gasteiger partial charge in [-0.2, -0.15) is 0 Å². The molecule has 1 N–H and O–H groups in total. The number of fused-ring (bicyclic) bond motifs is 1. The van der Waals surface area contributed by atoms with E-state index in [9.17, 15) is 4.39 Å². The highest BCUT2D eigenvalue weighted by molar-refractivity contribution is 5.77. The lowest BCUT2D eigenvalue weighted by Gasteiger charge is -2.04. The van der Waals surface area contributed by atoms with E-state index in [2.05, 4.69) is 21.8 Å². The number of aromatic amines is 1. The summed E-state index contributed by atoms with van der Waals surface area (Å²) in [6.07, 6.45) is 1.18. The van der Waals surface area contributed by atoms with Crippen LogP contribution in [0.4, 0.5) is 4.39 Å². The van der Waals surface area contributed by atoms with E-state index in [1.165, 1.54) is 12.3 Å². The third kappa shape index (κ3) is 3.12. The molecule has 21 heavy (non-hydrogen) atoms. The first-order chi connectivity index (χ1) is 10.1. The molecule has 106 valence electrons. The maximum Gasteiger partial charge on any atom is 0.177 e. The summed E-state index contributed by atoms with van der Waals surface area (Å²) in [5, 5.41) is 0.701. The Morgan fingerprint density at radius 3 is 2.95 bits per heavy atom. The highest BCUT2D eigenvalue weighted by Crippen LogP contribution is 2.14. The van der Waals surface area contributed by atoms with Crippen LogP contribution in [0, 0.1) is 17.7 Å². The first-order valence-electron chi connectivity index (χ1n) is 6.50. The van der Waals surface area contributed by atoms with Crippen molar-refractivity contribution in [1.82, 2.24) is 14.9 Å². The molecule has 0 aliphatic rings. The Balaban J connectivity index is 1.83. The van der Waals surface area contributed by atoms with E-state index in [0.29, 0.717) is 22.5 Å². The molecule has 5 heteroatoms. The summed E-state index contributed by atoms with van der Waals surface area (Å²) in [6, 6.07) is 6.94. The van der Waals surface area contributed by atoms with Crippen LogP contribution in [0.1, 0.15) is 17.2 Å². The summed E-state index contributed by atoms with van der Waals surface area (Å²) in [5.41, 5.74) is 1.29. The molecule has 0 saturated carbocycles. The van der Waals surface area contributed by atoms with Gasteiger partial charge in [-0.3, -0.25) is 0 Å². The predicted octanol–water partition coefficient (Wildman–Crippen LogP) is 2.76. The quantitative estimate of drug-likeness (QED) is 0.736. The van der Waals surface area contributed by atoms with Gasteiger partial charge in [0.25, 0.3) is 0 Å². The average Bonchev–Trinajstić information content (AvgIpc) is 3.01. The van der Waals surface area contributed by atoms with Crippen molar-refractivity contribution in [3.05, 3.63) is 53.5 Å². The Bertz CT molecular complexity index is 836. The van der Waals surface area contributed by atoms with Gasteiger partial charge in [0.05, 0.1) is 18.4 Å². The number of nitrogens with one attached hydrogen (secondary N) is 1. The molecule has 0 aliphatic carbocycles. The number of hydrogen-bond donors (Lipinski definition) is 1. The van der Waals surface area contributed by atoms with Crippen molar-refractivity contribution < 1.29 is 8.81 Å². The van der Waals surface area contributed by atoms with E-state index in [1.807, 2.05) is 31.1 Å². The number of pyridine rings is 1. The molecule has 0 spiro atoms. The first-order valence-corrected chi connectivity index (χ1v) is 6.50. The summed E-state index contributed by atoms with van der Waals surface area (Å²) >= 11 is 0. The summed E-state index contributed by atoms with van der Waals surface area (Å²) in [4.78, 5) is 9.02. The van der Waals surface area contributed by atoms with E-state index in [-0.39, 0.29) is 5.82 Å². The molecule has 0 bridgehead atoms. The van der Waals surface area contributed by atoms with Crippen LogP contribution in [0.3, 0.4) is 0 Å². The van der Waals surface area contributed by atoms with Crippen molar-refractivity contribution in [3.63, 3.8) is 0 Å². The van der Waals surface area contributed by atoms with E-state index in [4.69, 9.17) is 4.42 Å². The van der Waals surface area contributed by atoms with Crippen molar-refractivity contribution in [2.24, 2.45) is 0 Å². The zero-order chi connectivity index (χ0) is 14.8. The second-order valence-electron chi connectivity index (χ2n) is 5.03. The molecule has 0 unspecified atom stereocenters. The lowest BCUT2D eigenvalue weighted by atomic mass is 10.3. The fourth-order valence-electron chi connectivity index (χ4n) is 2.03. The molecule has 0 aliphatic heterocycles. The monoisotopic (exact) mass is 283 g/mol. The van der Waals surface area contributed by atoms with Crippen molar-refractivity contribution in [3.8, 4) is 11.8 Å². The minimum absolute atomic E-state index is 0.361. The molecule has 3 aromatic heterocycles. The van der Waals surface area contributed by atoms with E-state index in [0.717, 1.165) is 12.3 Å². The molecule has 4 nitrogen and oxygen atoms in total. The van der Waals surface area contributed by atoms with Crippen LogP contribution < -0.4 is 0 Å². The van der Waals surface area contributed by atoms with Gasteiger partial charge in [0.15, 0.2) is 5.76 Å². The van der Waals surface area contributed by atoms with Gasteiger partial charge >= 0.3 is 0 Å². The SMILES string of the molecule is CN(C)Cc1ccc(C#Cc2cc3cc(F)cnc3[nH]2)o1. The van der Waals surface area contributed by atoms with Crippen LogP contribution >= 0.6 is 0 Å². The number of hydrogen-bond acceptors (Lipinski definition) is 3. The van der Waals surface area contributed by atoms with Gasteiger partial charge < -0.3 is 14.3 Å². The highest BCUT2D eigenvalue weighted by atomic mass is 19.1. The van der Waals surface area contributed by atoms with E-state index >= 15 is 0 Å². The van der Waals surface area contributed by atoms with Gasteiger partial charge in [-0.05, 0) is 50.2 Å². The van der Waals surface area contributed by atoms with Gasteiger partial charge in [0, 0.05) is 5.39 Å². The molecule has 3 aromatic rings. The fourth-order valence-corrected chi connectivity index (χ4v) is 2.03. The number of aromatic nitrogens is 2. The number of halogens is 1. The van der Waals surface area contributed by atoms with E-state index in [1.54, 1.807) is 6.07 Å². The minimum Gasteiger partial charge on any atom is -0.451 e. The van der Waals surface area contributed by atoms with Gasteiger partial charge in [-0.25, -0.2) is 9.37 Å². The summed E-state index contributed by atoms with van der Waals surface area (Å²) in [7, 11) is 3.95. The molecule has 0 atom stereocenters. The number of H-pyrrole nitrogens is 1. The molecular weight excluding hydrogens is 269 g/mol. The Morgan fingerprint density at radius 2 is 2.14 bits per heavy atom. The molecule has 0 saturated heterocycles. The second kappa shape index (κ2) is 5.43. The standard InChI is InChI=1S/C16H14FN3O/c1-20(2)10-15-6-5-14(21-15)4-3-13-8-11-7-12(17)9-18-16(11)19-13/h5-9H,10H2,1-2H3,(H,18,19). The van der Waals surface area contributed by atoms with Crippen LogP contribution in [0.5, 0.6) is 0 Å². The van der Waals surface area contributed by atoms with Gasteiger partial charge in [0.1, 0.15) is 17.2 Å². The highest BCUT2D eigenvalue weighted by Gasteiger charge is 2.03. The Morgan fingerprint density at radius 1 is 1.29 bits per heavy atom. The molecule has 0 amide bonds. The lowest BCUT2D eigenvalue weighted by molar-refractivity contribution is 0.348. The fraction of sp³-hybridized carbons (Fsp3) is 0.188.